The van der Waals surface area contributed by atoms with E-state index < -0.39 is 0 Å². The molecule has 0 saturated carbocycles. The standard InChI is InChI=1S/C14H17Cl2N3O2/c1-9(2)5-19-13(17-8-18-19)7-21-14-10(6-20)3-11(15)4-12(14)16/h3-4,8-9,20H,5-7H2,1-2H3. The van der Waals surface area contributed by atoms with Crippen LogP contribution in [0.15, 0.2) is 18.5 Å². The number of hydrogen-bond acceptors (Lipinski definition) is 4. The van der Waals surface area contributed by atoms with E-state index in [1.165, 1.54) is 6.33 Å². The quantitative estimate of drug-likeness (QED) is 0.883. The highest BCUT2D eigenvalue weighted by Crippen LogP contribution is 2.33. The van der Waals surface area contributed by atoms with Crippen LogP contribution >= 0.6 is 23.2 Å². The minimum atomic E-state index is -0.200. The summed E-state index contributed by atoms with van der Waals surface area (Å²) in [5, 5.41) is 14.4. The highest BCUT2D eigenvalue weighted by atomic mass is 35.5. The minimum absolute atomic E-state index is 0.200. The van der Waals surface area contributed by atoms with Crippen molar-refractivity contribution in [3.05, 3.63) is 39.9 Å². The molecule has 0 atom stereocenters. The Morgan fingerprint density at radius 3 is 2.76 bits per heavy atom. The SMILES string of the molecule is CC(C)Cn1ncnc1COc1c(Cl)cc(Cl)cc1CO. The molecule has 0 saturated heterocycles. The number of benzene rings is 1. The molecule has 2 rings (SSSR count). The number of halogens is 2. The van der Waals surface area contributed by atoms with E-state index in [1.54, 1.807) is 16.8 Å². The molecule has 21 heavy (non-hydrogen) atoms. The molecule has 0 aliphatic carbocycles. The summed E-state index contributed by atoms with van der Waals surface area (Å²) in [4.78, 5) is 4.18. The summed E-state index contributed by atoms with van der Waals surface area (Å²) < 4.78 is 7.51. The topological polar surface area (TPSA) is 60.2 Å². The predicted molar refractivity (Wildman–Crippen MR) is 81.6 cm³/mol. The van der Waals surface area contributed by atoms with Gasteiger partial charge in [-0.05, 0) is 18.1 Å². The summed E-state index contributed by atoms with van der Waals surface area (Å²) in [7, 11) is 0. The van der Waals surface area contributed by atoms with Gasteiger partial charge in [0.25, 0.3) is 0 Å². The molecule has 0 amide bonds. The summed E-state index contributed by atoms with van der Waals surface area (Å²) in [6.45, 7) is 4.99. The zero-order chi connectivity index (χ0) is 15.4. The lowest BCUT2D eigenvalue weighted by Crippen LogP contribution is -2.12. The lowest BCUT2D eigenvalue weighted by Gasteiger charge is -2.13. The number of aliphatic hydroxyl groups excluding tert-OH is 1. The molecule has 1 heterocycles. The van der Waals surface area contributed by atoms with Gasteiger partial charge in [-0.3, -0.25) is 0 Å². The van der Waals surface area contributed by atoms with Crippen molar-refractivity contribution in [1.82, 2.24) is 14.8 Å². The van der Waals surface area contributed by atoms with Gasteiger partial charge in [-0.2, -0.15) is 5.10 Å². The maximum atomic E-state index is 9.37. The molecule has 0 fully saturated rings. The third-order valence-electron chi connectivity index (χ3n) is 2.84. The van der Waals surface area contributed by atoms with E-state index in [0.29, 0.717) is 33.1 Å². The molecule has 0 aliphatic heterocycles. The average molecular weight is 330 g/mol. The van der Waals surface area contributed by atoms with Gasteiger partial charge in [0.05, 0.1) is 11.6 Å². The van der Waals surface area contributed by atoms with Gasteiger partial charge in [0.1, 0.15) is 18.7 Å². The zero-order valence-corrected chi connectivity index (χ0v) is 13.4. The number of rotatable bonds is 6. The zero-order valence-electron chi connectivity index (χ0n) is 11.9. The normalized spacial score (nSPS) is 11.1. The smallest absolute Gasteiger partial charge is 0.164 e. The molecule has 1 aromatic heterocycles. The molecule has 2 aromatic rings. The average Bonchev–Trinajstić information content (AvgIpc) is 2.83. The first-order chi connectivity index (χ1) is 10.0. The van der Waals surface area contributed by atoms with Crippen LogP contribution < -0.4 is 4.74 Å². The van der Waals surface area contributed by atoms with Crippen molar-refractivity contribution in [3.63, 3.8) is 0 Å². The Morgan fingerprint density at radius 1 is 1.33 bits per heavy atom. The summed E-state index contributed by atoms with van der Waals surface area (Å²) in [6.07, 6.45) is 1.50. The van der Waals surface area contributed by atoms with Crippen LogP contribution in [0.4, 0.5) is 0 Å². The Morgan fingerprint density at radius 2 is 2.10 bits per heavy atom. The van der Waals surface area contributed by atoms with Crippen LogP contribution in [0, 0.1) is 5.92 Å². The molecule has 0 aliphatic rings. The number of ether oxygens (including phenoxy) is 1. The van der Waals surface area contributed by atoms with Crippen molar-refractivity contribution < 1.29 is 9.84 Å². The van der Waals surface area contributed by atoms with Gasteiger partial charge >= 0.3 is 0 Å². The van der Waals surface area contributed by atoms with Crippen molar-refractivity contribution in [3.8, 4) is 5.75 Å². The van der Waals surface area contributed by atoms with Gasteiger partial charge in [-0.15, -0.1) is 0 Å². The summed E-state index contributed by atoms with van der Waals surface area (Å²) in [5.74, 6) is 1.58. The van der Waals surface area contributed by atoms with Crippen LogP contribution in [0.25, 0.3) is 0 Å². The Labute approximate surface area is 133 Å². The Bertz CT molecular complexity index is 614. The van der Waals surface area contributed by atoms with Crippen LogP contribution in [-0.4, -0.2) is 19.9 Å². The minimum Gasteiger partial charge on any atom is -0.484 e. The second-order valence-electron chi connectivity index (χ2n) is 5.07. The highest BCUT2D eigenvalue weighted by Gasteiger charge is 2.13. The Kier molecular flexibility index (Phi) is 5.45. The van der Waals surface area contributed by atoms with Crippen molar-refractivity contribution in [1.29, 1.82) is 0 Å². The number of hydrogen-bond donors (Lipinski definition) is 1. The van der Waals surface area contributed by atoms with Crippen LogP contribution in [0.5, 0.6) is 5.75 Å². The lowest BCUT2D eigenvalue weighted by molar-refractivity contribution is 0.251. The molecule has 7 heteroatoms. The van der Waals surface area contributed by atoms with E-state index in [1.807, 2.05) is 0 Å². The number of nitrogens with zero attached hydrogens (tertiary/aromatic N) is 3. The molecule has 1 aromatic carbocycles. The second kappa shape index (κ2) is 7.11. The third kappa shape index (κ3) is 4.09. The molecule has 0 bridgehead atoms. The van der Waals surface area contributed by atoms with Crippen molar-refractivity contribution in [2.45, 2.75) is 33.6 Å². The third-order valence-corrected chi connectivity index (χ3v) is 3.33. The van der Waals surface area contributed by atoms with Gasteiger partial charge in [0.15, 0.2) is 5.82 Å². The van der Waals surface area contributed by atoms with E-state index in [9.17, 15) is 5.11 Å². The fourth-order valence-electron chi connectivity index (χ4n) is 1.93. The molecular weight excluding hydrogens is 313 g/mol. The van der Waals surface area contributed by atoms with Gasteiger partial charge < -0.3 is 9.84 Å². The largest absolute Gasteiger partial charge is 0.484 e. The first-order valence-corrected chi connectivity index (χ1v) is 7.35. The first-order valence-electron chi connectivity index (χ1n) is 6.59. The maximum absolute atomic E-state index is 9.37. The molecule has 0 unspecified atom stereocenters. The summed E-state index contributed by atoms with van der Waals surface area (Å²) >= 11 is 12.0. The van der Waals surface area contributed by atoms with E-state index in [-0.39, 0.29) is 13.2 Å². The van der Waals surface area contributed by atoms with E-state index in [2.05, 4.69) is 23.9 Å². The monoisotopic (exact) mass is 329 g/mol. The molecule has 5 nitrogen and oxygen atoms in total. The second-order valence-corrected chi connectivity index (χ2v) is 5.92. The lowest BCUT2D eigenvalue weighted by atomic mass is 10.2. The number of aliphatic hydroxyl groups is 1. The molecule has 0 radical (unpaired) electrons. The molecule has 0 spiro atoms. The van der Waals surface area contributed by atoms with Crippen molar-refractivity contribution in [2.24, 2.45) is 5.92 Å². The van der Waals surface area contributed by atoms with Crippen LogP contribution in [0.2, 0.25) is 10.0 Å². The summed E-state index contributed by atoms with van der Waals surface area (Å²) in [5.41, 5.74) is 0.544. The van der Waals surface area contributed by atoms with E-state index in [4.69, 9.17) is 27.9 Å². The van der Waals surface area contributed by atoms with E-state index >= 15 is 0 Å². The fourth-order valence-corrected chi connectivity index (χ4v) is 2.52. The predicted octanol–water partition coefficient (Wildman–Crippen LogP) is 3.31. The van der Waals surface area contributed by atoms with Crippen LogP contribution in [-0.2, 0) is 19.8 Å². The van der Waals surface area contributed by atoms with Gasteiger partial charge in [0.2, 0.25) is 0 Å². The Balaban J connectivity index is 2.15. The Hall–Kier alpha value is -1.30. The number of aromatic nitrogens is 3. The highest BCUT2D eigenvalue weighted by molar-refractivity contribution is 6.35. The van der Waals surface area contributed by atoms with Gasteiger partial charge in [-0.25, -0.2) is 9.67 Å². The molecular formula is C14H17Cl2N3O2. The van der Waals surface area contributed by atoms with Crippen molar-refractivity contribution in [2.75, 3.05) is 0 Å². The fraction of sp³-hybridized carbons (Fsp3) is 0.429. The summed E-state index contributed by atoms with van der Waals surface area (Å²) in [6, 6.07) is 3.21. The van der Waals surface area contributed by atoms with Crippen LogP contribution in [0.3, 0.4) is 0 Å². The maximum Gasteiger partial charge on any atom is 0.164 e. The van der Waals surface area contributed by atoms with Crippen molar-refractivity contribution >= 4 is 23.2 Å². The first kappa shape index (κ1) is 16.1. The van der Waals surface area contributed by atoms with Gasteiger partial charge in [-0.1, -0.05) is 37.0 Å². The van der Waals surface area contributed by atoms with E-state index in [0.717, 1.165) is 6.54 Å². The van der Waals surface area contributed by atoms with Crippen LogP contribution in [0.1, 0.15) is 25.2 Å². The molecule has 1 N–H and O–H groups in total. The molecule has 114 valence electrons. The van der Waals surface area contributed by atoms with Gasteiger partial charge in [0, 0.05) is 17.1 Å².